The molecule has 2 heterocycles. The lowest BCUT2D eigenvalue weighted by atomic mass is 9.74. The van der Waals surface area contributed by atoms with E-state index < -0.39 is 0 Å². The van der Waals surface area contributed by atoms with Gasteiger partial charge in [0.2, 0.25) is 11.8 Å². The second-order valence-corrected chi connectivity index (χ2v) is 13.2. The summed E-state index contributed by atoms with van der Waals surface area (Å²) in [6.07, 6.45) is 0. The summed E-state index contributed by atoms with van der Waals surface area (Å²) in [6, 6.07) is 57.4. The first-order valence-electron chi connectivity index (χ1n) is 16.9. The van der Waals surface area contributed by atoms with Gasteiger partial charge in [0.1, 0.15) is 11.0 Å². The summed E-state index contributed by atoms with van der Waals surface area (Å²) in [5.74, 6) is 1.11. The number of rotatable bonds is 5. The van der Waals surface area contributed by atoms with Gasteiger partial charge < -0.3 is 8.83 Å². The predicted octanol–water partition coefficient (Wildman–Crippen LogP) is 12.0. The molecular weight excluding hydrogens is 613 g/mol. The lowest BCUT2D eigenvalue weighted by molar-refractivity contribution is 0.617. The second-order valence-electron chi connectivity index (χ2n) is 13.2. The van der Waals surface area contributed by atoms with Crippen molar-refractivity contribution in [3.05, 3.63) is 180 Å². The molecule has 1 unspecified atom stereocenters. The summed E-state index contributed by atoms with van der Waals surface area (Å²) in [7, 11) is 0. The van der Waals surface area contributed by atoms with E-state index in [0.717, 1.165) is 50.0 Å². The van der Waals surface area contributed by atoms with Crippen LogP contribution < -0.4 is 0 Å². The Hall–Kier alpha value is -6.52. The van der Waals surface area contributed by atoms with Crippen LogP contribution in [-0.2, 0) is 5.41 Å². The fourth-order valence-electron chi connectivity index (χ4n) is 7.68. The first-order valence-corrected chi connectivity index (χ1v) is 16.9. The highest BCUT2D eigenvalue weighted by molar-refractivity contribution is 5.88. The van der Waals surface area contributed by atoms with Gasteiger partial charge in [-0.1, -0.05) is 109 Å². The molecule has 0 fully saturated rings. The van der Waals surface area contributed by atoms with Crippen LogP contribution in [0.25, 0.3) is 78.5 Å². The van der Waals surface area contributed by atoms with E-state index in [0.29, 0.717) is 11.8 Å². The van der Waals surface area contributed by atoms with Crippen molar-refractivity contribution in [2.75, 3.05) is 0 Å². The van der Waals surface area contributed by atoms with Crippen molar-refractivity contribution in [1.82, 2.24) is 9.97 Å². The molecule has 7 aromatic carbocycles. The van der Waals surface area contributed by atoms with Crippen LogP contribution in [0.4, 0.5) is 0 Å². The smallest absolute Gasteiger partial charge is 0.227 e. The molecular formula is C46H30N2O2. The number of para-hydroxylation sites is 4. The van der Waals surface area contributed by atoms with Crippen molar-refractivity contribution in [2.24, 2.45) is 0 Å². The van der Waals surface area contributed by atoms with Gasteiger partial charge in [0.05, 0.1) is 0 Å². The molecule has 1 atom stereocenters. The van der Waals surface area contributed by atoms with E-state index in [-0.39, 0.29) is 5.41 Å². The van der Waals surface area contributed by atoms with E-state index in [1.807, 2.05) is 54.6 Å². The molecule has 1 aliphatic carbocycles. The Labute approximate surface area is 289 Å². The topological polar surface area (TPSA) is 52.1 Å². The second kappa shape index (κ2) is 11.0. The average Bonchev–Trinajstić information content (AvgIpc) is 3.89. The molecule has 0 bridgehead atoms. The van der Waals surface area contributed by atoms with Crippen molar-refractivity contribution in [3.63, 3.8) is 0 Å². The Morgan fingerprint density at radius 1 is 0.400 bits per heavy atom. The lowest BCUT2D eigenvalue weighted by Gasteiger charge is -2.28. The van der Waals surface area contributed by atoms with E-state index in [4.69, 9.17) is 18.8 Å². The molecule has 2 aromatic heterocycles. The number of hydrogen-bond donors (Lipinski definition) is 0. The Balaban J connectivity index is 1.10. The summed E-state index contributed by atoms with van der Waals surface area (Å²) >= 11 is 0. The van der Waals surface area contributed by atoms with E-state index in [9.17, 15) is 0 Å². The lowest BCUT2D eigenvalue weighted by Crippen LogP contribution is -2.22. The largest absolute Gasteiger partial charge is 0.436 e. The normalized spacial score (nSPS) is 15.0. The molecule has 4 heteroatoms. The van der Waals surface area contributed by atoms with E-state index in [1.54, 1.807) is 0 Å². The third-order valence-corrected chi connectivity index (χ3v) is 10.2. The quantitative estimate of drug-likeness (QED) is 0.187. The molecule has 0 amide bonds. The van der Waals surface area contributed by atoms with Gasteiger partial charge in [-0.05, 0) is 112 Å². The van der Waals surface area contributed by atoms with Gasteiger partial charge in [-0.25, -0.2) is 9.97 Å². The first-order chi connectivity index (χ1) is 24.6. The van der Waals surface area contributed by atoms with Crippen molar-refractivity contribution in [2.45, 2.75) is 12.3 Å². The Bertz CT molecular complexity index is 2580. The fourth-order valence-corrected chi connectivity index (χ4v) is 7.68. The molecule has 0 N–H and O–H groups in total. The maximum atomic E-state index is 6.25. The highest BCUT2D eigenvalue weighted by atomic mass is 16.4. The predicted molar refractivity (Wildman–Crippen MR) is 201 cm³/mol. The third kappa shape index (κ3) is 4.46. The van der Waals surface area contributed by atoms with Crippen LogP contribution in [0.5, 0.6) is 0 Å². The van der Waals surface area contributed by atoms with Crippen LogP contribution in [-0.4, -0.2) is 9.97 Å². The molecule has 0 spiro atoms. The van der Waals surface area contributed by atoms with Gasteiger partial charge in [0.15, 0.2) is 11.2 Å². The van der Waals surface area contributed by atoms with Gasteiger partial charge >= 0.3 is 0 Å². The number of oxazole rings is 2. The standard InChI is InChI=1S/C46H30N2O2/c1-46(35-14-3-2-4-15-35)38-17-6-5-16-36(38)37-28-31(22-23-39(37)46)29-12-11-13-30(24-29)32-25-33(44-47-40-18-7-9-20-42(40)49-44)27-34(26-32)45-48-41-19-8-10-21-43(41)50-45/h2-28H,1H3. The molecule has 50 heavy (non-hydrogen) atoms. The van der Waals surface area contributed by atoms with Crippen LogP contribution in [0.2, 0.25) is 0 Å². The highest BCUT2D eigenvalue weighted by Crippen LogP contribution is 2.53. The molecule has 236 valence electrons. The van der Waals surface area contributed by atoms with Crippen LogP contribution in [0.3, 0.4) is 0 Å². The number of hydrogen-bond acceptors (Lipinski definition) is 4. The van der Waals surface area contributed by atoms with Gasteiger partial charge in [-0.3, -0.25) is 0 Å². The van der Waals surface area contributed by atoms with E-state index >= 15 is 0 Å². The Morgan fingerprint density at radius 2 is 0.920 bits per heavy atom. The molecule has 1 aliphatic rings. The van der Waals surface area contributed by atoms with Gasteiger partial charge in [0, 0.05) is 16.5 Å². The summed E-state index contributed by atoms with van der Waals surface area (Å²) in [5, 5.41) is 0. The molecule has 10 rings (SSSR count). The molecule has 4 nitrogen and oxygen atoms in total. The SMILES string of the molecule is CC1(c2ccccc2)c2ccccc2-c2cc(-c3cccc(-c4cc(-c5nc6ccccc6o5)cc(-c5nc6ccccc6o5)c4)c3)ccc21. The maximum absolute atomic E-state index is 6.25. The Morgan fingerprint density at radius 3 is 1.60 bits per heavy atom. The van der Waals surface area contributed by atoms with Crippen molar-refractivity contribution in [3.8, 4) is 56.3 Å². The van der Waals surface area contributed by atoms with E-state index in [1.165, 1.54) is 33.4 Å². The molecule has 0 saturated carbocycles. The minimum Gasteiger partial charge on any atom is -0.436 e. The minimum atomic E-state index is -0.222. The summed E-state index contributed by atoms with van der Waals surface area (Å²) in [4.78, 5) is 9.66. The molecule has 0 saturated heterocycles. The monoisotopic (exact) mass is 642 g/mol. The zero-order chi connectivity index (χ0) is 33.2. The average molecular weight is 643 g/mol. The highest BCUT2D eigenvalue weighted by Gasteiger charge is 2.40. The van der Waals surface area contributed by atoms with Crippen molar-refractivity contribution >= 4 is 22.2 Å². The summed E-state index contributed by atoms with van der Waals surface area (Å²) < 4.78 is 12.5. The van der Waals surface area contributed by atoms with Crippen molar-refractivity contribution < 1.29 is 8.83 Å². The third-order valence-electron chi connectivity index (χ3n) is 10.2. The molecule has 9 aromatic rings. The minimum absolute atomic E-state index is 0.222. The van der Waals surface area contributed by atoms with Crippen molar-refractivity contribution in [1.29, 1.82) is 0 Å². The number of nitrogens with zero attached hydrogens (tertiary/aromatic N) is 2. The summed E-state index contributed by atoms with van der Waals surface area (Å²) in [6.45, 7) is 2.35. The summed E-state index contributed by atoms with van der Waals surface area (Å²) in [5.41, 5.74) is 15.6. The van der Waals surface area contributed by atoms with Gasteiger partial charge in [-0.2, -0.15) is 0 Å². The first kappa shape index (κ1) is 28.5. The van der Waals surface area contributed by atoms with E-state index in [2.05, 4.69) is 116 Å². The number of fused-ring (bicyclic) bond motifs is 5. The van der Waals surface area contributed by atoms with Crippen LogP contribution in [0.15, 0.2) is 173 Å². The Kier molecular flexibility index (Phi) is 6.27. The number of benzene rings is 7. The zero-order valence-corrected chi connectivity index (χ0v) is 27.3. The molecule has 0 radical (unpaired) electrons. The van der Waals surface area contributed by atoms with Crippen LogP contribution in [0.1, 0.15) is 23.6 Å². The fraction of sp³-hybridized carbons (Fsp3) is 0.0435. The number of aromatic nitrogens is 2. The van der Waals surface area contributed by atoms with Gasteiger partial charge in [-0.15, -0.1) is 0 Å². The van der Waals surface area contributed by atoms with Crippen LogP contribution >= 0.6 is 0 Å². The van der Waals surface area contributed by atoms with Gasteiger partial charge in [0.25, 0.3) is 0 Å². The zero-order valence-electron chi connectivity index (χ0n) is 27.3. The van der Waals surface area contributed by atoms with Crippen LogP contribution in [0, 0.1) is 0 Å². The molecule has 0 aliphatic heterocycles. The maximum Gasteiger partial charge on any atom is 0.227 e.